The molecule has 0 heterocycles. The molecule has 0 radical (unpaired) electrons. The zero-order valence-electron chi connectivity index (χ0n) is 6.97. The highest BCUT2D eigenvalue weighted by molar-refractivity contribution is 7.80. The first-order valence-electron chi connectivity index (χ1n) is 3.65. The van der Waals surface area contributed by atoms with E-state index in [-0.39, 0.29) is 25.2 Å². The van der Waals surface area contributed by atoms with Crippen molar-refractivity contribution in [1.29, 1.82) is 0 Å². The lowest BCUT2D eigenvalue weighted by Crippen LogP contribution is -2.00. The molecule has 1 aromatic rings. The fourth-order valence-corrected chi connectivity index (χ4v) is 1.29. The van der Waals surface area contributed by atoms with Gasteiger partial charge in [-0.1, -0.05) is 30.3 Å². The largest absolute Gasteiger partial charge is 0.481 e. The molecule has 0 spiro atoms. The van der Waals surface area contributed by atoms with E-state index in [4.69, 9.17) is 5.11 Å². The number of carboxylic acid groups (broad SMARTS) is 1. The lowest BCUT2D eigenvalue weighted by molar-refractivity contribution is -0.137. The van der Waals surface area contributed by atoms with Crippen molar-refractivity contribution in [3.05, 3.63) is 35.9 Å². The second kappa shape index (κ2) is 5.94. The van der Waals surface area contributed by atoms with Gasteiger partial charge in [-0.3, -0.25) is 4.79 Å². The summed E-state index contributed by atoms with van der Waals surface area (Å²) < 4.78 is 0. The first-order valence-corrected chi connectivity index (χ1v) is 4.16. The standard InChI is InChI=1S/C9H10O2S.H2S/c10-9(11)6-8(12)7-4-2-1-3-5-7;/h1-5,8,12H,6H2,(H,10,11);1H2. The molecule has 0 aliphatic carbocycles. The molecule has 0 fully saturated rings. The van der Waals surface area contributed by atoms with Gasteiger partial charge in [0.15, 0.2) is 0 Å². The Labute approximate surface area is 89.8 Å². The fraction of sp³-hybridized carbons (Fsp3) is 0.222. The summed E-state index contributed by atoms with van der Waals surface area (Å²) in [7, 11) is 0. The monoisotopic (exact) mass is 216 g/mol. The van der Waals surface area contributed by atoms with Crippen molar-refractivity contribution in [2.75, 3.05) is 0 Å². The summed E-state index contributed by atoms with van der Waals surface area (Å²) in [5.41, 5.74) is 0.947. The van der Waals surface area contributed by atoms with Gasteiger partial charge in [0.05, 0.1) is 6.42 Å². The molecule has 0 saturated heterocycles. The van der Waals surface area contributed by atoms with Crippen LogP contribution in [0.5, 0.6) is 0 Å². The molecule has 1 rings (SSSR count). The highest BCUT2D eigenvalue weighted by Crippen LogP contribution is 2.22. The zero-order chi connectivity index (χ0) is 8.97. The number of thiol groups is 1. The molecular weight excluding hydrogens is 204 g/mol. The second-order valence-corrected chi connectivity index (χ2v) is 3.15. The Morgan fingerprint density at radius 3 is 2.38 bits per heavy atom. The van der Waals surface area contributed by atoms with Crippen molar-refractivity contribution in [2.45, 2.75) is 11.7 Å². The van der Waals surface area contributed by atoms with E-state index in [0.717, 1.165) is 5.56 Å². The predicted molar refractivity (Wildman–Crippen MR) is 60.8 cm³/mol. The zero-order valence-corrected chi connectivity index (χ0v) is 8.87. The highest BCUT2D eigenvalue weighted by atomic mass is 32.1. The van der Waals surface area contributed by atoms with Crippen molar-refractivity contribution in [2.24, 2.45) is 0 Å². The van der Waals surface area contributed by atoms with Crippen LogP contribution in [-0.4, -0.2) is 11.1 Å². The molecule has 1 atom stereocenters. The van der Waals surface area contributed by atoms with Gasteiger partial charge in [0.1, 0.15) is 0 Å². The van der Waals surface area contributed by atoms with Crippen LogP contribution in [0.1, 0.15) is 17.2 Å². The van der Waals surface area contributed by atoms with E-state index in [1.165, 1.54) is 0 Å². The van der Waals surface area contributed by atoms with Gasteiger partial charge in [0.25, 0.3) is 0 Å². The molecular formula is C9H12O2S2. The molecule has 2 nitrogen and oxygen atoms in total. The van der Waals surface area contributed by atoms with E-state index >= 15 is 0 Å². The first-order chi connectivity index (χ1) is 5.70. The number of hydrogen-bond donors (Lipinski definition) is 2. The Bertz CT molecular complexity index is 262. The highest BCUT2D eigenvalue weighted by Gasteiger charge is 2.09. The number of hydrogen-bond acceptors (Lipinski definition) is 2. The van der Waals surface area contributed by atoms with Gasteiger partial charge in [0.2, 0.25) is 0 Å². The lowest BCUT2D eigenvalue weighted by atomic mass is 10.1. The molecule has 0 aliphatic heterocycles. The van der Waals surface area contributed by atoms with E-state index in [1.54, 1.807) is 0 Å². The summed E-state index contributed by atoms with van der Waals surface area (Å²) in [6.45, 7) is 0. The van der Waals surface area contributed by atoms with Crippen LogP contribution < -0.4 is 0 Å². The molecule has 0 aromatic heterocycles. The van der Waals surface area contributed by atoms with Crippen molar-refractivity contribution in [3.63, 3.8) is 0 Å². The van der Waals surface area contributed by atoms with E-state index in [2.05, 4.69) is 12.6 Å². The van der Waals surface area contributed by atoms with Gasteiger partial charge in [-0.25, -0.2) is 0 Å². The van der Waals surface area contributed by atoms with Crippen molar-refractivity contribution >= 4 is 32.1 Å². The van der Waals surface area contributed by atoms with Crippen LogP contribution in [0.15, 0.2) is 30.3 Å². The van der Waals surface area contributed by atoms with Crippen LogP contribution in [-0.2, 0) is 4.79 Å². The molecule has 1 N–H and O–H groups in total. The smallest absolute Gasteiger partial charge is 0.304 e. The average molecular weight is 216 g/mol. The Kier molecular flexibility index (Phi) is 5.66. The number of carboxylic acids is 1. The molecule has 1 unspecified atom stereocenters. The van der Waals surface area contributed by atoms with Gasteiger partial charge in [-0.2, -0.15) is 26.1 Å². The predicted octanol–water partition coefficient (Wildman–Crippen LogP) is 2.25. The summed E-state index contributed by atoms with van der Waals surface area (Å²) >= 11 is 4.18. The Morgan fingerprint density at radius 2 is 1.92 bits per heavy atom. The minimum atomic E-state index is -0.821. The SMILES string of the molecule is O=C(O)CC(S)c1ccccc1.S. The average Bonchev–Trinajstić information content (AvgIpc) is 2.05. The maximum atomic E-state index is 10.3. The number of rotatable bonds is 3. The van der Waals surface area contributed by atoms with Crippen LogP contribution in [0.4, 0.5) is 0 Å². The summed E-state index contributed by atoms with van der Waals surface area (Å²) in [4.78, 5) is 10.3. The molecule has 0 aliphatic rings. The Morgan fingerprint density at radius 1 is 1.38 bits per heavy atom. The van der Waals surface area contributed by atoms with Gasteiger partial charge >= 0.3 is 5.97 Å². The quantitative estimate of drug-likeness (QED) is 0.760. The number of aliphatic carboxylic acids is 1. The maximum Gasteiger partial charge on any atom is 0.304 e. The van der Waals surface area contributed by atoms with Gasteiger partial charge < -0.3 is 5.11 Å². The summed E-state index contributed by atoms with van der Waals surface area (Å²) in [6, 6.07) is 9.40. The molecule has 0 bridgehead atoms. The molecule has 13 heavy (non-hydrogen) atoms. The van der Waals surface area contributed by atoms with E-state index in [1.807, 2.05) is 30.3 Å². The van der Waals surface area contributed by atoms with E-state index in [0.29, 0.717) is 0 Å². The lowest BCUT2D eigenvalue weighted by Gasteiger charge is -2.06. The van der Waals surface area contributed by atoms with Crippen molar-refractivity contribution in [3.8, 4) is 0 Å². The van der Waals surface area contributed by atoms with Gasteiger partial charge in [-0.05, 0) is 5.56 Å². The minimum absolute atomic E-state index is 0. The third-order valence-electron chi connectivity index (χ3n) is 1.55. The normalized spacial score (nSPS) is 11.5. The molecule has 0 saturated carbocycles. The molecule has 0 amide bonds. The van der Waals surface area contributed by atoms with Gasteiger partial charge in [-0.15, -0.1) is 0 Å². The summed E-state index contributed by atoms with van der Waals surface area (Å²) in [5.74, 6) is -0.821. The van der Waals surface area contributed by atoms with Crippen molar-refractivity contribution in [1.82, 2.24) is 0 Å². The van der Waals surface area contributed by atoms with E-state index < -0.39 is 5.97 Å². The molecule has 4 heteroatoms. The van der Waals surface area contributed by atoms with Crippen LogP contribution in [0.2, 0.25) is 0 Å². The number of carbonyl (C=O) groups is 1. The summed E-state index contributed by atoms with van der Waals surface area (Å²) in [5, 5.41) is 8.29. The first kappa shape index (κ1) is 12.4. The third kappa shape index (κ3) is 4.24. The van der Waals surface area contributed by atoms with Crippen LogP contribution >= 0.6 is 26.1 Å². The van der Waals surface area contributed by atoms with Crippen LogP contribution in [0.3, 0.4) is 0 Å². The fourth-order valence-electron chi connectivity index (χ4n) is 0.958. The van der Waals surface area contributed by atoms with Gasteiger partial charge in [0, 0.05) is 5.25 Å². The minimum Gasteiger partial charge on any atom is -0.481 e. The Hall–Kier alpha value is -0.610. The Balaban J connectivity index is 0.00000144. The molecule has 72 valence electrons. The summed E-state index contributed by atoms with van der Waals surface area (Å²) in [6.07, 6.45) is 0.0626. The molecule has 1 aromatic carbocycles. The van der Waals surface area contributed by atoms with Crippen molar-refractivity contribution < 1.29 is 9.90 Å². The number of benzene rings is 1. The van der Waals surface area contributed by atoms with Crippen LogP contribution in [0.25, 0.3) is 0 Å². The van der Waals surface area contributed by atoms with E-state index in [9.17, 15) is 4.79 Å². The second-order valence-electron chi connectivity index (χ2n) is 2.52. The maximum absolute atomic E-state index is 10.3. The topological polar surface area (TPSA) is 37.3 Å². The van der Waals surface area contributed by atoms with Crippen LogP contribution in [0, 0.1) is 0 Å². The third-order valence-corrected chi connectivity index (χ3v) is 2.03.